The predicted molar refractivity (Wildman–Crippen MR) is 125 cm³/mol. The summed E-state index contributed by atoms with van der Waals surface area (Å²) in [5.74, 6) is 1.35. The molecule has 0 radical (unpaired) electrons. The van der Waals surface area contributed by atoms with Crippen molar-refractivity contribution in [2.24, 2.45) is 0 Å². The van der Waals surface area contributed by atoms with E-state index in [0.717, 1.165) is 22.6 Å². The maximum absolute atomic E-state index is 13.3. The number of nitro benzene ring substituents is 1. The molecule has 2 aliphatic rings. The minimum absolute atomic E-state index is 0.0243. The first-order valence-corrected chi connectivity index (χ1v) is 12.4. The Morgan fingerprint density at radius 2 is 1.65 bits per heavy atom. The van der Waals surface area contributed by atoms with Gasteiger partial charge < -0.3 is 9.64 Å². The van der Waals surface area contributed by atoms with Crippen LogP contribution in [-0.4, -0.2) is 60.5 Å². The molecule has 10 nitrogen and oxygen atoms in total. The Kier molecular flexibility index (Phi) is 5.98. The Balaban J connectivity index is 1.52. The molecule has 0 spiro atoms. The molecule has 1 aromatic heterocycles. The third-order valence-corrected chi connectivity index (χ3v) is 7.89. The molecular formula is C23H23N5O5S. The number of nitrogens with zero attached hydrogens (tertiary/aromatic N) is 5. The Bertz CT molecular complexity index is 1310. The smallest absolute Gasteiger partial charge is 0.269 e. The highest BCUT2D eigenvalue weighted by atomic mass is 32.2. The van der Waals surface area contributed by atoms with Crippen molar-refractivity contribution in [3.63, 3.8) is 0 Å². The molecule has 0 unspecified atom stereocenters. The number of non-ortho nitro benzene ring substituents is 1. The average Bonchev–Trinajstić information content (AvgIpc) is 2.88. The Hall–Kier alpha value is -3.41. The number of ether oxygens (including phenoxy) is 1. The number of hydrogen-bond acceptors (Lipinski definition) is 8. The zero-order valence-electron chi connectivity index (χ0n) is 18.3. The molecular weight excluding hydrogens is 458 g/mol. The van der Waals surface area contributed by atoms with Crippen molar-refractivity contribution in [3.8, 4) is 11.4 Å². The SMILES string of the molecule is O=[N+]([O-])c1ccc(S(=O)(=O)N2CCc3nc(-c4ccccc4)nc(N4CCOCC4)c3C2)cc1. The fraction of sp³-hybridized carbons (Fsp3) is 0.304. The second-order valence-corrected chi connectivity index (χ2v) is 10.0. The third kappa shape index (κ3) is 4.25. The van der Waals surface area contributed by atoms with Gasteiger partial charge in [0.25, 0.3) is 5.69 Å². The van der Waals surface area contributed by atoms with E-state index in [0.29, 0.717) is 38.5 Å². The van der Waals surface area contributed by atoms with Crippen LogP contribution in [0.25, 0.3) is 11.4 Å². The van der Waals surface area contributed by atoms with Crippen molar-refractivity contribution >= 4 is 21.5 Å². The first-order chi connectivity index (χ1) is 16.4. The van der Waals surface area contributed by atoms with Gasteiger partial charge in [-0.25, -0.2) is 18.4 Å². The fourth-order valence-electron chi connectivity index (χ4n) is 4.22. The van der Waals surface area contributed by atoms with E-state index in [1.54, 1.807) is 0 Å². The molecule has 0 aliphatic carbocycles. The Morgan fingerprint density at radius 1 is 0.941 bits per heavy atom. The zero-order valence-corrected chi connectivity index (χ0v) is 19.1. The van der Waals surface area contributed by atoms with Gasteiger partial charge in [-0.1, -0.05) is 30.3 Å². The van der Waals surface area contributed by atoms with Crippen LogP contribution in [0, 0.1) is 10.1 Å². The topological polar surface area (TPSA) is 119 Å². The summed E-state index contributed by atoms with van der Waals surface area (Å²) >= 11 is 0. The van der Waals surface area contributed by atoms with Gasteiger partial charge in [0.1, 0.15) is 5.82 Å². The third-order valence-electron chi connectivity index (χ3n) is 6.03. The number of morpholine rings is 1. The first-order valence-electron chi connectivity index (χ1n) is 11.0. The lowest BCUT2D eigenvalue weighted by Crippen LogP contribution is -2.41. The van der Waals surface area contributed by atoms with Crippen molar-refractivity contribution in [3.05, 3.63) is 76.0 Å². The van der Waals surface area contributed by atoms with E-state index in [1.807, 2.05) is 30.3 Å². The lowest BCUT2D eigenvalue weighted by atomic mass is 10.1. The second kappa shape index (κ2) is 9.09. The maximum Gasteiger partial charge on any atom is 0.269 e. The summed E-state index contributed by atoms with van der Waals surface area (Å²) in [7, 11) is -3.85. The summed E-state index contributed by atoms with van der Waals surface area (Å²) in [6, 6.07) is 14.7. The number of hydrogen-bond donors (Lipinski definition) is 0. The molecule has 2 aromatic carbocycles. The van der Waals surface area contributed by atoms with Gasteiger partial charge in [-0.2, -0.15) is 4.31 Å². The molecule has 5 rings (SSSR count). The van der Waals surface area contributed by atoms with E-state index < -0.39 is 14.9 Å². The van der Waals surface area contributed by atoms with E-state index in [2.05, 4.69) is 4.90 Å². The number of rotatable bonds is 5. The summed E-state index contributed by atoms with van der Waals surface area (Å²) < 4.78 is 33.6. The van der Waals surface area contributed by atoms with Gasteiger partial charge in [-0.15, -0.1) is 0 Å². The molecule has 0 N–H and O–H groups in total. The lowest BCUT2D eigenvalue weighted by molar-refractivity contribution is -0.384. The van der Waals surface area contributed by atoms with Crippen LogP contribution in [0.3, 0.4) is 0 Å². The van der Waals surface area contributed by atoms with Crippen molar-refractivity contribution in [1.82, 2.24) is 14.3 Å². The van der Waals surface area contributed by atoms with Crippen LogP contribution in [0.4, 0.5) is 11.5 Å². The maximum atomic E-state index is 13.3. The van der Waals surface area contributed by atoms with Crippen LogP contribution in [-0.2, 0) is 27.7 Å². The van der Waals surface area contributed by atoms with Crippen LogP contribution in [0.2, 0.25) is 0 Å². The van der Waals surface area contributed by atoms with Gasteiger partial charge in [0, 0.05) is 55.9 Å². The van der Waals surface area contributed by atoms with Gasteiger partial charge in [0.05, 0.1) is 28.7 Å². The minimum Gasteiger partial charge on any atom is -0.378 e. The molecule has 0 saturated carbocycles. The van der Waals surface area contributed by atoms with Gasteiger partial charge in [0.2, 0.25) is 10.0 Å². The first kappa shape index (κ1) is 22.4. The molecule has 3 aromatic rings. The van der Waals surface area contributed by atoms with Crippen LogP contribution in [0.1, 0.15) is 11.3 Å². The summed E-state index contributed by atoms with van der Waals surface area (Å²) in [5, 5.41) is 10.9. The number of anilines is 1. The molecule has 0 atom stereocenters. The number of sulfonamides is 1. The van der Waals surface area contributed by atoms with Crippen molar-refractivity contribution < 1.29 is 18.1 Å². The monoisotopic (exact) mass is 481 g/mol. The standard InChI is InChI=1S/C23H23N5O5S/c29-28(30)18-6-8-19(9-7-18)34(31,32)27-11-10-21-20(16-27)23(26-12-14-33-15-13-26)25-22(24-21)17-4-2-1-3-5-17/h1-9H,10-16H2. The average molecular weight is 482 g/mol. The normalized spacial score (nSPS) is 16.8. The van der Waals surface area contributed by atoms with E-state index in [4.69, 9.17) is 14.7 Å². The van der Waals surface area contributed by atoms with E-state index in [1.165, 1.54) is 28.6 Å². The molecule has 0 bridgehead atoms. The fourth-order valence-corrected chi connectivity index (χ4v) is 5.63. The van der Waals surface area contributed by atoms with Crippen molar-refractivity contribution in [1.29, 1.82) is 0 Å². The minimum atomic E-state index is -3.85. The molecule has 34 heavy (non-hydrogen) atoms. The highest BCUT2D eigenvalue weighted by Crippen LogP contribution is 2.32. The molecule has 176 valence electrons. The molecule has 0 amide bonds. The quantitative estimate of drug-likeness (QED) is 0.403. The van der Waals surface area contributed by atoms with Crippen LogP contribution < -0.4 is 4.90 Å². The summed E-state index contributed by atoms with van der Waals surface area (Å²) in [6.45, 7) is 2.87. The van der Waals surface area contributed by atoms with Gasteiger partial charge in [-0.3, -0.25) is 10.1 Å². The van der Waals surface area contributed by atoms with Gasteiger partial charge in [0.15, 0.2) is 5.82 Å². The Labute approximate surface area is 197 Å². The lowest BCUT2D eigenvalue weighted by Gasteiger charge is -2.34. The molecule has 3 heterocycles. The number of aromatic nitrogens is 2. The summed E-state index contributed by atoms with van der Waals surface area (Å²) in [5.41, 5.74) is 2.38. The highest BCUT2D eigenvalue weighted by Gasteiger charge is 2.33. The molecule has 1 fully saturated rings. The molecule has 1 saturated heterocycles. The van der Waals surface area contributed by atoms with E-state index in [9.17, 15) is 18.5 Å². The van der Waals surface area contributed by atoms with Crippen LogP contribution >= 0.6 is 0 Å². The second-order valence-electron chi connectivity index (χ2n) is 8.10. The van der Waals surface area contributed by atoms with Gasteiger partial charge >= 0.3 is 0 Å². The number of fused-ring (bicyclic) bond motifs is 1. The number of nitro groups is 1. The largest absolute Gasteiger partial charge is 0.378 e. The van der Waals surface area contributed by atoms with Gasteiger partial charge in [-0.05, 0) is 12.1 Å². The molecule has 11 heteroatoms. The van der Waals surface area contributed by atoms with Crippen LogP contribution in [0.5, 0.6) is 0 Å². The van der Waals surface area contributed by atoms with Crippen LogP contribution in [0.15, 0.2) is 59.5 Å². The summed E-state index contributed by atoms with van der Waals surface area (Å²) in [4.78, 5) is 22.2. The van der Waals surface area contributed by atoms with Crippen molar-refractivity contribution in [2.75, 3.05) is 37.7 Å². The zero-order chi connectivity index (χ0) is 23.7. The van der Waals surface area contributed by atoms with E-state index in [-0.39, 0.29) is 23.7 Å². The highest BCUT2D eigenvalue weighted by molar-refractivity contribution is 7.89. The summed E-state index contributed by atoms with van der Waals surface area (Å²) in [6.07, 6.45) is 0.446. The van der Waals surface area contributed by atoms with Crippen molar-refractivity contribution in [2.45, 2.75) is 17.9 Å². The molecule has 2 aliphatic heterocycles. The number of benzene rings is 2. The van der Waals surface area contributed by atoms with E-state index >= 15 is 0 Å². The predicted octanol–water partition coefficient (Wildman–Crippen LogP) is 2.64. The Morgan fingerprint density at radius 3 is 2.32 bits per heavy atom.